The van der Waals surface area contributed by atoms with Gasteiger partial charge in [-0.15, -0.1) is 0 Å². The van der Waals surface area contributed by atoms with Crippen LogP contribution in [-0.4, -0.2) is 47.7 Å². The molecule has 1 atom stereocenters. The van der Waals surface area contributed by atoms with Crippen molar-refractivity contribution in [2.75, 3.05) is 31.6 Å². The molecule has 1 aliphatic heterocycles. The van der Waals surface area contributed by atoms with Gasteiger partial charge in [0.1, 0.15) is 5.75 Å². The van der Waals surface area contributed by atoms with Crippen LogP contribution in [0.3, 0.4) is 0 Å². The lowest BCUT2D eigenvalue weighted by molar-refractivity contribution is 0.181. The minimum absolute atomic E-state index is 0.445. The number of rotatable bonds is 4. The second kappa shape index (κ2) is 7.30. The summed E-state index contributed by atoms with van der Waals surface area (Å²) in [5, 5.41) is 0. The van der Waals surface area contributed by atoms with Gasteiger partial charge in [0.2, 0.25) is 0 Å². The fraction of sp³-hybridized carbons (Fsp3) is 0.333. The van der Waals surface area contributed by atoms with Crippen LogP contribution in [0.4, 0.5) is 5.69 Å². The molecule has 0 bridgehead atoms. The van der Waals surface area contributed by atoms with Crippen LogP contribution in [0.1, 0.15) is 12.5 Å². The number of aromatic nitrogens is 2. The summed E-state index contributed by atoms with van der Waals surface area (Å²) < 4.78 is 5.53. The van der Waals surface area contributed by atoms with Gasteiger partial charge in [-0.3, -0.25) is 14.9 Å². The highest BCUT2D eigenvalue weighted by molar-refractivity contribution is 5.77. The van der Waals surface area contributed by atoms with Crippen LogP contribution in [0, 0.1) is 0 Å². The van der Waals surface area contributed by atoms with Gasteiger partial charge in [-0.2, -0.15) is 0 Å². The van der Waals surface area contributed by atoms with Crippen molar-refractivity contribution in [2.45, 2.75) is 19.5 Å². The summed E-state index contributed by atoms with van der Waals surface area (Å²) in [6.07, 6.45) is 3.52. The molecule has 4 rings (SSSR count). The molecule has 1 saturated heterocycles. The molecular formula is C21H24N4O. The van der Waals surface area contributed by atoms with Crippen LogP contribution < -0.4 is 9.64 Å². The van der Waals surface area contributed by atoms with E-state index < -0.39 is 0 Å². The van der Waals surface area contributed by atoms with Gasteiger partial charge in [0.25, 0.3) is 0 Å². The maximum atomic E-state index is 5.53. The number of para-hydroxylation sites is 3. The molecular weight excluding hydrogens is 324 g/mol. The first-order valence-corrected chi connectivity index (χ1v) is 9.07. The van der Waals surface area contributed by atoms with Gasteiger partial charge >= 0.3 is 0 Å². The first-order chi connectivity index (χ1) is 12.8. The lowest BCUT2D eigenvalue weighted by atomic mass is 10.1. The third-order valence-corrected chi connectivity index (χ3v) is 5.15. The number of hydrogen-bond acceptors (Lipinski definition) is 5. The minimum Gasteiger partial charge on any atom is -0.495 e. The third-order valence-electron chi connectivity index (χ3n) is 5.15. The molecule has 26 heavy (non-hydrogen) atoms. The van der Waals surface area contributed by atoms with Crippen molar-refractivity contribution in [3.8, 4) is 5.75 Å². The molecule has 3 aromatic rings. The molecule has 5 heteroatoms. The quantitative estimate of drug-likeness (QED) is 0.723. The molecule has 0 spiro atoms. The molecule has 2 heterocycles. The minimum atomic E-state index is 0.445. The van der Waals surface area contributed by atoms with E-state index in [1.807, 2.05) is 18.2 Å². The maximum Gasteiger partial charge on any atom is 0.142 e. The zero-order chi connectivity index (χ0) is 17.9. The van der Waals surface area contributed by atoms with E-state index in [1.54, 1.807) is 19.5 Å². The second-order valence-electron chi connectivity index (χ2n) is 6.78. The predicted molar refractivity (Wildman–Crippen MR) is 105 cm³/mol. The van der Waals surface area contributed by atoms with Crippen LogP contribution in [0.25, 0.3) is 11.0 Å². The molecule has 2 aromatic carbocycles. The highest BCUT2D eigenvalue weighted by Crippen LogP contribution is 2.30. The van der Waals surface area contributed by atoms with Gasteiger partial charge < -0.3 is 9.64 Å². The lowest BCUT2D eigenvalue weighted by Gasteiger charge is -2.41. The summed E-state index contributed by atoms with van der Waals surface area (Å²) in [6.45, 7) is 6.17. The predicted octanol–water partition coefficient (Wildman–Crippen LogP) is 3.35. The molecule has 0 amide bonds. The Labute approximate surface area is 154 Å². The molecule has 0 aliphatic carbocycles. The molecule has 5 nitrogen and oxygen atoms in total. The highest BCUT2D eigenvalue weighted by Gasteiger charge is 2.25. The van der Waals surface area contributed by atoms with Crippen LogP contribution in [-0.2, 0) is 6.54 Å². The zero-order valence-electron chi connectivity index (χ0n) is 15.3. The summed E-state index contributed by atoms with van der Waals surface area (Å²) in [7, 11) is 1.74. The Bertz CT molecular complexity index is 893. The lowest BCUT2D eigenvalue weighted by Crippen LogP contribution is -2.51. The normalized spacial score (nSPS) is 18.2. The summed E-state index contributed by atoms with van der Waals surface area (Å²) >= 11 is 0. The number of hydrogen-bond donors (Lipinski definition) is 0. The van der Waals surface area contributed by atoms with Crippen molar-refractivity contribution in [3.63, 3.8) is 0 Å². The third kappa shape index (κ3) is 3.22. The molecule has 1 aliphatic rings. The number of ether oxygens (including phenoxy) is 1. The molecule has 134 valence electrons. The van der Waals surface area contributed by atoms with E-state index in [4.69, 9.17) is 4.74 Å². The van der Waals surface area contributed by atoms with Crippen LogP contribution in [0.2, 0.25) is 0 Å². The van der Waals surface area contributed by atoms with Crippen molar-refractivity contribution >= 4 is 16.7 Å². The Balaban J connectivity index is 1.51. The average molecular weight is 348 g/mol. The molecule has 0 unspecified atom stereocenters. The van der Waals surface area contributed by atoms with Crippen LogP contribution in [0.15, 0.2) is 54.9 Å². The van der Waals surface area contributed by atoms with Gasteiger partial charge in [0, 0.05) is 44.6 Å². The van der Waals surface area contributed by atoms with E-state index >= 15 is 0 Å². The zero-order valence-corrected chi connectivity index (χ0v) is 15.3. The number of benzene rings is 2. The SMILES string of the molecule is COc1ccccc1N1CCN(Cc2cccc3nccnc23)[C@H](C)C1. The summed E-state index contributed by atoms with van der Waals surface area (Å²) in [5.41, 5.74) is 4.39. The topological polar surface area (TPSA) is 41.5 Å². The van der Waals surface area contributed by atoms with E-state index in [0.29, 0.717) is 6.04 Å². The monoisotopic (exact) mass is 348 g/mol. The standard InChI is InChI=1S/C21H24N4O/c1-16-14-25(19-8-3-4-9-20(19)26-2)13-12-24(16)15-17-6-5-7-18-21(17)23-11-10-22-18/h3-11,16H,12-15H2,1-2H3/t16-/m1/s1. The summed E-state index contributed by atoms with van der Waals surface area (Å²) in [5.74, 6) is 0.942. The van der Waals surface area contributed by atoms with E-state index in [2.05, 4.69) is 51.0 Å². The van der Waals surface area contributed by atoms with E-state index in [9.17, 15) is 0 Å². The fourth-order valence-corrected chi connectivity index (χ4v) is 3.74. The first-order valence-electron chi connectivity index (χ1n) is 9.07. The van der Waals surface area contributed by atoms with Crippen molar-refractivity contribution in [1.82, 2.24) is 14.9 Å². The summed E-state index contributed by atoms with van der Waals surface area (Å²) in [4.78, 5) is 13.9. The van der Waals surface area contributed by atoms with Crippen molar-refractivity contribution < 1.29 is 4.74 Å². The fourth-order valence-electron chi connectivity index (χ4n) is 3.74. The molecule has 0 saturated carbocycles. The Hall–Kier alpha value is -2.66. The Morgan fingerprint density at radius 2 is 1.88 bits per heavy atom. The van der Waals surface area contributed by atoms with Crippen LogP contribution in [0.5, 0.6) is 5.75 Å². The molecule has 1 aromatic heterocycles. The van der Waals surface area contributed by atoms with Gasteiger partial charge in [0.05, 0.1) is 23.8 Å². The average Bonchev–Trinajstić information content (AvgIpc) is 2.69. The number of fused-ring (bicyclic) bond motifs is 1. The molecule has 0 radical (unpaired) electrons. The Morgan fingerprint density at radius 1 is 1.04 bits per heavy atom. The number of nitrogens with zero attached hydrogens (tertiary/aromatic N) is 4. The smallest absolute Gasteiger partial charge is 0.142 e. The van der Waals surface area contributed by atoms with Gasteiger partial charge in [-0.05, 0) is 30.7 Å². The number of piperazine rings is 1. The van der Waals surface area contributed by atoms with Crippen molar-refractivity contribution in [2.24, 2.45) is 0 Å². The van der Waals surface area contributed by atoms with Gasteiger partial charge in [-0.25, -0.2) is 0 Å². The van der Waals surface area contributed by atoms with E-state index in [0.717, 1.165) is 43.0 Å². The van der Waals surface area contributed by atoms with Crippen molar-refractivity contribution in [3.05, 3.63) is 60.4 Å². The summed E-state index contributed by atoms with van der Waals surface area (Å²) in [6, 6.07) is 15.0. The Morgan fingerprint density at radius 3 is 2.73 bits per heavy atom. The maximum absolute atomic E-state index is 5.53. The van der Waals surface area contributed by atoms with E-state index in [1.165, 1.54) is 11.3 Å². The highest BCUT2D eigenvalue weighted by atomic mass is 16.5. The second-order valence-corrected chi connectivity index (χ2v) is 6.78. The van der Waals surface area contributed by atoms with Gasteiger partial charge in [0.15, 0.2) is 0 Å². The molecule has 0 N–H and O–H groups in total. The van der Waals surface area contributed by atoms with Crippen LogP contribution >= 0.6 is 0 Å². The number of anilines is 1. The van der Waals surface area contributed by atoms with Gasteiger partial charge in [-0.1, -0.05) is 24.3 Å². The first kappa shape index (κ1) is 16.8. The Kier molecular flexibility index (Phi) is 4.71. The van der Waals surface area contributed by atoms with Crippen molar-refractivity contribution in [1.29, 1.82) is 0 Å². The van der Waals surface area contributed by atoms with E-state index in [-0.39, 0.29) is 0 Å². The largest absolute Gasteiger partial charge is 0.495 e. The number of methoxy groups -OCH3 is 1. The molecule has 1 fully saturated rings.